The van der Waals surface area contributed by atoms with Gasteiger partial charge in [0.25, 0.3) is 5.91 Å². The van der Waals surface area contributed by atoms with E-state index >= 15 is 0 Å². The predicted molar refractivity (Wildman–Crippen MR) is 71.7 cm³/mol. The molecule has 0 aromatic heterocycles. The Kier molecular flexibility index (Phi) is 6.01. The van der Waals surface area contributed by atoms with Crippen molar-refractivity contribution in [2.75, 3.05) is 19.6 Å². The highest BCUT2D eigenvalue weighted by atomic mass is 35.5. The summed E-state index contributed by atoms with van der Waals surface area (Å²) in [6, 6.07) is 5.34. The molecule has 1 amide bonds. The Bertz CT molecular complexity index is 380. The van der Waals surface area contributed by atoms with Gasteiger partial charge in [0.1, 0.15) is 0 Å². The van der Waals surface area contributed by atoms with Gasteiger partial charge in [-0.25, -0.2) is 0 Å². The van der Waals surface area contributed by atoms with Gasteiger partial charge >= 0.3 is 0 Å². The molecular formula is C13H19ClN2O. The molecule has 0 aliphatic heterocycles. The van der Waals surface area contributed by atoms with Crippen LogP contribution in [0.3, 0.4) is 0 Å². The maximum absolute atomic E-state index is 11.7. The topological polar surface area (TPSA) is 41.1 Å². The minimum Gasteiger partial charge on any atom is -0.351 e. The van der Waals surface area contributed by atoms with E-state index in [9.17, 15) is 4.79 Å². The first-order valence-electron chi connectivity index (χ1n) is 5.90. The van der Waals surface area contributed by atoms with E-state index in [1.165, 1.54) is 0 Å². The Morgan fingerprint density at radius 2 is 2.06 bits per heavy atom. The molecular weight excluding hydrogens is 236 g/mol. The van der Waals surface area contributed by atoms with Gasteiger partial charge in [-0.2, -0.15) is 0 Å². The van der Waals surface area contributed by atoms with E-state index in [-0.39, 0.29) is 5.91 Å². The lowest BCUT2D eigenvalue weighted by molar-refractivity contribution is 0.0954. The van der Waals surface area contributed by atoms with Crippen LogP contribution in [0.2, 0.25) is 5.02 Å². The van der Waals surface area contributed by atoms with Gasteiger partial charge < -0.3 is 10.6 Å². The molecule has 3 nitrogen and oxygen atoms in total. The molecule has 0 aliphatic rings. The molecule has 17 heavy (non-hydrogen) atoms. The molecule has 1 rings (SSSR count). The number of hydrogen-bond donors (Lipinski definition) is 2. The number of carbonyl (C=O) groups excluding carboxylic acids is 1. The van der Waals surface area contributed by atoms with Crippen LogP contribution in [0.4, 0.5) is 0 Å². The number of halogens is 1. The van der Waals surface area contributed by atoms with E-state index in [1.54, 1.807) is 12.1 Å². The summed E-state index contributed by atoms with van der Waals surface area (Å²) < 4.78 is 0. The third-order valence-corrected chi connectivity index (χ3v) is 2.86. The molecule has 0 atom stereocenters. The summed E-state index contributed by atoms with van der Waals surface area (Å²) in [4.78, 5) is 11.7. The molecule has 0 aliphatic carbocycles. The van der Waals surface area contributed by atoms with Gasteiger partial charge in [-0.15, -0.1) is 0 Å². The van der Waals surface area contributed by atoms with E-state index in [0.29, 0.717) is 17.1 Å². The van der Waals surface area contributed by atoms with E-state index in [2.05, 4.69) is 17.6 Å². The van der Waals surface area contributed by atoms with Crippen molar-refractivity contribution >= 4 is 17.5 Å². The van der Waals surface area contributed by atoms with Gasteiger partial charge in [-0.1, -0.05) is 24.6 Å². The summed E-state index contributed by atoms with van der Waals surface area (Å²) in [6.45, 7) is 6.42. The minimum atomic E-state index is -0.0785. The highest BCUT2D eigenvalue weighted by molar-refractivity contribution is 6.31. The lowest BCUT2D eigenvalue weighted by atomic mass is 10.1. The van der Waals surface area contributed by atoms with Crippen LogP contribution < -0.4 is 10.6 Å². The molecule has 0 saturated carbocycles. The normalized spacial score (nSPS) is 10.3. The number of aryl methyl sites for hydroxylation is 1. The zero-order valence-corrected chi connectivity index (χ0v) is 11.1. The molecule has 2 N–H and O–H groups in total. The van der Waals surface area contributed by atoms with Crippen molar-refractivity contribution in [1.29, 1.82) is 0 Å². The monoisotopic (exact) mass is 254 g/mol. The Balaban J connectivity index is 2.39. The number of hydrogen-bond acceptors (Lipinski definition) is 2. The number of amides is 1. The Labute approximate surface area is 108 Å². The van der Waals surface area contributed by atoms with E-state index in [1.807, 2.05) is 13.0 Å². The summed E-state index contributed by atoms with van der Waals surface area (Å²) in [5.74, 6) is -0.0785. The average molecular weight is 255 g/mol. The number of rotatable bonds is 6. The third kappa shape index (κ3) is 4.75. The summed E-state index contributed by atoms with van der Waals surface area (Å²) in [7, 11) is 0. The van der Waals surface area contributed by atoms with Gasteiger partial charge in [0.15, 0.2) is 0 Å². The van der Waals surface area contributed by atoms with E-state index in [4.69, 9.17) is 11.6 Å². The summed E-state index contributed by atoms with van der Waals surface area (Å²) in [5, 5.41) is 6.69. The van der Waals surface area contributed by atoms with Crippen LogP contribution in [-0.2, 0) is 0 Å². The van der Waals surface area contributed by atoms with Crippen LogP contribution in [0.5, 0.6) is 0 Å². The van der Waals surface area contributed by atoms with Gasteiger partial charge in [0.05, 0.1) is 0 Å². The molecule has 0 spiro atoms. The SMILES string of the molecule is CCCNCCNC(=O)c1ccc(C)c(Cl)c1. The largest absolute Gasteiger partial charge is 0.351 e. The zero-order chi connectivity index (χ0) is 12.7. The fraction of sp³-hybridized carbons (Fsp3) is 0.462. The third-order valence-electron chi connectivity index (χ3n) is 2.45. The predicted octanol–water partition coefficient (Wildman–Crippen LogP) is 2.38. The number of carbonyl (C=O) groups is 1. The van der Waals surface area contributed by atoms with Gasteiger partial charge in [0, 0.05) is 23.7 Å². The molecule has 0 radical (unpaired) electrons. The van der Waals surface area contributed by atoms with Crippen LogP contribution in [0, 0.1) is 6.92 Å². The molecule has 1 aromatic rings. The first kappa shape index (κ1) is 14.0. The lowest BCUT2D eigenvalue weighted by Crippen LogP contribution is -2.32. The first-order chi connectivity index (χ1) is 8.15. The van der Waals surface area contributed by atoms with Gasteiger partial charge in [-0.3, -0.25) is 4.79 Å². The van der Waals surface area contributed by atoms with Crippen molar-refractivity contribution in [3.63, 3.8) is 0 Å². The van der Waals surface area contributed by atoms with Crippen molar-refractivity contribution in [3.05, 3.63) is 34.3 Å². The second kappa shape index (κ2) is 7.30. The fourth-order valence-corrected chi connectivity index (χ4v) is 1.58. The fourth-order valence-electron chi connectivity index (χ4n) is 1.40. The van der Waals surface area contributed by atoms with Crippen LogP contribution >= 0.6 is 11.6 Å². The van der Waals surface area contributed by atoms with Crippen LogP contribution in [-0.4, -0.2) is 25.5 Å². The zero-order valence-electron chi connectivity index (χ0n) is 10.3. The van der Waals surface area contributed by atoms with Crippen molar-refractivity contribution in [2.24, 2.45) is 0 Å². The Hall–Kier alpha value is -1.06. The smallest absolute Gasteiger partial charge is 0.251 e. The van der Waals surface area contributed by atoms with Crippen molar-refractivity contribution in [3.8, 4) is 0 Å². The Morgan fingerprint density at radius 1 is 1.29 bits per heavy atom. The van der Waals surface area contributed by atoms with E-state index in [0.717, 1.165) is 25.1 Å². The van der Waals surface area contributed by atoms with Crippen molar-refractivity contribution < 1.29 is 4.79 Å². The molecule has 0 bridgehead atoms. The molecule has 4 heteroatoms. The highest BCUT2D eigenvalue weighted by Gasteiger charge is 2.06. The molecule has 0 unspecified atom stereocenters. The van der Waals surface area contributed by atoms with Crippen molar-refractivity contribution in [2.45, 2.75) is 20.3 Å². The second-order valence-electron chi connectivity index (χ2n) is 3.97. The van der Waals surface area contributed by atoms with Crippen molar-refractivity contribution in [1.82, 2.24) is 10.6 Å². The quantitative estimate of drug-likeness (QED) is 0.766. The molecule has 0 heterocycles. The molecule has 1 aromatic carbocycles. The maximum atomic E-state index is 11.7. The summed E-state index contributed by atoms with van der Waals surface area (Å²) in [6.07, 6.45) is 1.10. The first-order valence-corrected chi connectivity index (χ1v) is 6.28. The van der Waals surface area contributed by atoms with Gasteiger partial charge in [-0.05, 0) is 37.6 Å². The molecule has 0 fully saturated rings. The second-order valence-corrected chi connectivity index (χ2v) is 4.38. The van der Waals surface area contributed by atoms with Crippen LogP contribution in [0.15, 0.2) is 18.2 Å². The molecule has 0 saturated heterocycles. The summed E-state index contributed by atoms with van der Waals surface area (Å²) in [5.41, 5.74) is 1.59. The number of nitrogens with one attached hydrogen (secondary N) is 2. The van der Waals surface area contributed by atoms with E-state index < -0.39 is 0 Å². The lowest BCUT2D eigenvalue weighted by Gasteiger charge is -2.07. The maximum Gasteiger partial charge on any atom is 0.251 e. The standard InChI is InChI=1S/C13H19ClN2O/c1-3-6-15-7-8-16-13(17)11-5-4-10(2)12(14)9-11/h4-5,9,15H,3,6-8H2,1-2H3,(H,16,17). The minimum absolute atomic E-state index is 0.0785. The number of benzene rings is 1. The Morgan fingerprint density at radius 3 is 2.71 bits per heavy atom. The van der Waals surface area contributed by atoms with Crippen LogP contribution in [0.1, 0.15) is 29.3 Å². The molecule has 94 valence electrons. The van der Waals surface area contributed by atoms with Gasteiger partial charge in [0.2, 0.25) is 0 Å². The highest BCUT2D eigenvalue weighted by Crippen LogP contribution is 2.16. The van der Waals surface area contributed by atoms with Crippen LogP contribution in [0.25, 0.3) is 0 Å². The summed E-state index contributed by atoms with van der Waals surface area (Å²) >= 11 is 5.97. The average Bonchev–Trinajstić information content (AvgIpc) is 2.32.